The van der Waals surface area contributed by atoms with E-state index in [-0.39, 0.29) is 17.8 Å². The zero-order chi connectivity index (χ0) is 11.4. The van der Waals surface area contributed by atoms with Crippen molar-refractivity contribution >= 4 is 0 Å². The Labute approximate surface area is 89.4 Å². The minimum absolute atomic E-state index is 0.0171. The first-order valence-corrected chi connectivity index (χ1v) is 5.08. The maximum absolute atomic E-state index is 11.8. The van der Waals surface area contributed by atoms with Crippen LogP contribution in [-0.4, -0.2) is 28.9 Å². The lowest BCUT2D eigenvalue weighted by Crippen LogP contribution is -2.35. The molecule has 1 aromatic rings. The molecule has 0 radical (unpaired) electrons. The first-order chi connectivity index (χ1) is 7.06. The maximum Gasteiger partial charge on any atom is 0.328 e. The van der Waals surface area contributed by atoms with Crippen molar-refractivity contribution in [3.05, 3.63) is 22.9 Å². The van der Waals surface area contributed by atoms with Crippen molar-refractivity contribution in [1.29, 1.82) is 0 Å². The molecule has 0 aromatic carbocycles. The fourth-order valence-electron chi connectivity index (χ4n) is 1.48. The molecule has 1 atom stereocenters. The Balaban J connectivity index is 2.75. The van der Waals surface area contributed by atoms with E-state index in [1.54, 1.807) is 28.6 Å². The second-order valence-corrected chi connectivity index (χ2v) is 3.95. The standard InChI is InChI=1S/C10H19N3O2/c1-8(2)13-5-4-12(10(13)14)6-9(11)7-15-3/h4-5,8-9H,6-7,11H2,1-3H3. The van der Waals surface area contributed by atoms with Crippen LogP contribution in [0.4, 0.5) is 0 Å². The van der Waals surface area contributed by atoms with E-state index in [2.05, 4.69) is 0 Å². The van der Waals surface area contributed by atoms with E-state index in [1.807, 2.05) is 13.8 Å². The summed E-state index contributed by atoms with van der Waals surface area (Å²) in [5.41, 5.74) is 5.76. The SMILES string of the molecule is COCC(N)Cn1ccn(C(C)C)c1=O. The molecule has 0 saturated carbocycles. The molecule has 0 spiro atoms. The van der Waals surface area contributed by atoms with Crippen LogP contribution in [-0.2, 0) is 11.3 Å². The summed E-state index contributed by atoms with van der Waals surface area (Å²) in [7, 11) is 1.60. The zero-order valence-electron chi connectivity index (χ0n) is 9.51. The van der Waals surface area contributed by atoms with Gasteiger partial charge in [-0.2, -0.15) is 0 Å². The van der Waals surface area contributed by atoms with E-state index in [9.17, 15) is 4.79 Å². The van der Waals surface area contributed by atoms with Crippen molar-refractivity contribution in [2.45, 2.75) is 32.5 Å². The van der Waals surface area contributed by atoms with Gasteiger partial charge >= 0.3 is 5.69 Å². The van der Waals surface area contributed by atoms with Crippen LogP contribution in [0.5, 0.6) is 0 Å². The molecular weight excluding hydrogens is 194 g/mol. The minimum atomic E-state index is -0.143. The molecule has 0 aliphatic carbocycles. The summed E-state index contributed by atoms with van der Waals surface area (Å²) in [4.78, 5) is 11.8. The summed E-state index contributed by atoms with van der Waals surface area (Å²) in [5.74, 6) is 0. The summed E-state index contributed by atoms with van der Waals surface area (Å²) in [6, 6.07) is 0.0353. The van der Waals surface area contributed by atoms with Gasteiger partial charge < -0.3 is 10.5 Å². The molecule has 0 aliphatic rings. The number of hydrogen-bond donors (Lipinski definition) is 1. The summed E-state index contributed by atoms with van der Waals surface area (Å²) in [5, 5.41) is 0. The highest BCUT2D eigenvalue weighted by Crippen LogP contribution is 1.99. The van der Waals surface area contributed by atoms with Gasteiger partial charge in [-0.15, -0.1) is 0 Å². The van der Waals surface area contributed by atoms with Gasteiger partial charge in [0.15, 0.2) is 0 Å². The Morgan fingerprint density at radius 2 is 2.13 bits per heavy atom. The molecule has 1 heterocycles. The Hall–Kier alpha value is -1.07. The third-order valence-electron chi connectivity index (χ3n) is 2.24. The Bertz CT molecular complexity index is 354. The highest BCUT2D eigenvalue weighted by molar-refractivity contribution is 4.84. The molecule has 86 valence electrons. The van der Waals surface area contributed by atoms with Crippen LogP contribution >= 0.6 is 0 Å². The van der Waals surface area contributed by atoms with E-state index in [4.69, 9.17) is 10.5 Å². The van der Waals surface area contributed by atoms with E-state index in [1.165, 1.54) is 0 Å². The van der Waals surface area contributed by atoms with Gasteiger partial charge in [-0.05, 0) is 13.8 Å². The van der Waals surface area contributed by atoms with Crippen molar-refractivity contribution < 1.29 is 4.74 Å². The molecule has 0 bridgehead atoms. The van der Waals surface area contributed by atoms with Crippen LogP contribution in [0.3, 0.4) is 0 Å². The lowest BCUT2D eigenvalue weighted by atomic mass is 10.3. The number of rotatable bonds is 5. The second kappa shape index (κ2) is 5.14. The lowest BCUT2D eigenvalue weighted by molar-refractivity contribution is 0.173. The number of methoxy groups -OCH3 is 1. The molecule has 5 heteroatoms. The van der Waals surface area contributed by atoms with Crippen molar-refractivity contribution in [2.24, 2.45) is 5.73 Å². The van der Waals surface area contributed by atoms with Crippen molar-refractivity contribution in [2.75, 3.05) is 13.7 Å². The molecule has 0 fully saturated rings. The molecule has 0 amide bonds. The van der Waals surface area contributed by atoms with Crippen LogP contribution in [0.2, 0.25) is 0 Å². The summed E-state index contributed by atoms with van der Waals surface area (Å²) in [6.45, 7) is 4.90. The van der Waals surface area contributed by atoms with Crippen molar-refractivity contribution in [1.82, 2.24) is 9.13 Å². The monoisotopic (exact) mass is 213 g/mol. The van der Waals surface area contributed by atoms with E-state index in [0.717, 1.165) is 0 Å². The highest BCUT2D eigenvalue weighted by atomic mass is 16.5. The fraction of sp³-hybridized carbons (Fsp3) is 0.700. The molecule has 0 aliphatic heterocycles. The molecule has 15 heavy (non-hydrogen) atoms. The number of nitrogens with zero attached hydrogens (tertiary/aromatic N) is 2. The van der Waals surface area contributed by atoms with Gasteiger partial charge in [0.25, 0.3) is 0 Å². The van der Waals surface area contributed by atoms with Gasteiger partial charge in [0.05, 0.1) is 6.61 Å². The summed E-state index contributed by atoms with van der Waals surface area (Å²) in [6.07, 6.45) is 3.55. The summed E-state index contributed by atoms with van der Waals surface area (Å²) < 4.78 is 8.22. The predicted molar refractivity (Wildman–Crippen MR) is 58.9 cm³/mol. The third kappa shape index (κ3) is 2.94. The Morgan fingerprint density at radius 1 is 1.47 bits per heavy atom. The molecule has 1 unspecified atom stereocenters. The van der Waals surface area contributed by atoms with Gasteiger partial charge in [-0.1, -0.05) is 0 Å². The topological polar surface area (TPSA) is 62.2 Å². The first kappa shape index (κ1) is 12.0. The molecule has 5 nitrogen and oxygen atoms in total. The van der Waals surface area contributed by atoms with E-state index >= 15 is 0 Å². The van der Waals surface area contributed by atoms with Gasteiger partial charge in [0, 0.05) is 38.1 Å². The highest BCUT2D eigenvalue weighted by Gasteiger charge is 2.09. The number of aromatic nitrogens is 2. The average Bonchev–Trinajstić information content (AvgIpc) is 2.48. The fourth-order valence-corrected chi connectivity index (χ4v) is 1.48. The van der Waals surface area contributed by atoms with Crippen LogP contribution in [0.15, 0.2) is 17.2 Å². The average molecular weight is 213 g/mol. The Morgan fingerprint density at radius 3 is 2.60 bits per heavy atom. The smallest absolute Gasteiger partial charge is 0.328 e. The third-order valence-corrected chi connectivity index (χ3v) is 2.24. The van der Waals surface area contributed by atoms with Crippen molar-refractivity contribution in [3.8, 4) is 0 Å². The number of nitrogens with two attached hydrogens (primary N) is 1. The van der Waals surface area contributed by atoms with Gasteiger partial charge in [-0.3, -0.25) is 9.13 Å². The largest absolute Gasteiger partial charge is 0.383 e. The van der Waals surface area contributed by atoms with Crippen molar-refractivity contribution in [3.63, 3.8) is 0 Å². The van der Waals surface area contributed by atoms with Gasteiger partial charge in [-0.25, -0.2) is 4.79 Å². The van der Waals surface area contributed by atoms with Crippen LogP contribution in [0, 0.1) is 0 Å². The molecule has 1 rings (SSSR count). The van der Waals surface area contributed by atoms with Crippen LogP contribution in [0.1, 0.15) is 19.9 Å². The van der Waals surface area contributed by atoms with Crippen LogP contribution in [0.25, 0.3) is 0 Å². The number of imidazole rings is 1. The molecular formula is C10H19N3O2. The van der Waals surface area contributed by atoms with Crippen LogP contribution < -0.4 is 11.4 Å². The van der Waals surface area contributed by atoms with Gasteiger partial charge in [0.2, 0.25) is 0 Å². The normalized spacial score (nSPS) is 13.4. The predicted octanol–water partition coefficient (Wildman–Crippen LogP) is 0.204. The quantitative estimate of drug-likeness (QED) is 0.760. The number of ether oxygens (including phenoxy) is 1. The molecule has 1 aromatic heterocycles. The molecule has 2 N–H and O–H groups in total. The second-order valence-electron chi connectivity index (χ2n) is 3.95. The first-order valence-electron chi connectivity index (χ1n) is 5.08. The minimum Gasteiger partial charge on any atom is -0.383 e. The number of hydrogen-bond acceptors (Lipinski definition) is 3. The van der Waals surface area contributed by atoms with E-state index in [0.29, 0.717) is 13.2 Å². The van der Waals surface area contributed by atoms with E-state index < -0.39 is 0 Å². The Kier molecular flexibility index (Phi) is 4.11. The zero-order valence-corrected chi connectivity index (χ0v) is 9.51. The maximum atomic E-state index is 11.8. The lowest BCUT2D eigenvalue weighted by Gasteiger charge is -2.10. The van der Waals surface area contributed by atoms with Gasteiger partial charge in [0.1, 0.15) is 0 Å². The molecule has 0 saturated heterocycles. The summed E-state index contributed by atoms with van der Waals surface area (Å²) >= 11 is 0.